The maximum absolute atomic E-state index is 10.4. The van der Waals surface area contributed by atoms with Gasteiger partial charge in [-0.05, 0) is 35.4 Å². The van der Waals surface area contributed by atoms with Crippen molar-refractivity contribution in [2.75, 3.05) is 13.2 Å². The summed E-state index contributed by atoms with van der Waals surface area (Å²) < 4.78 is 5.41. The SMILES string of the molecule is OCC1(O)COc2c(ccc(O)c2O)-c2cc(O)c(O)cc2C1. The van der Waals surface area contributed by atoms with Gasteiger partial charge in [0.15, 0.2) is 23.0 Å². The van der Waals surface area contributed by atoms with Crippen LogP contribution in [0.2, 0.25) is 0 Å². The number of aliphatic hydroxyl groups is 2. The van der Waals surface area contributed by atoms with Crippen LogP contribution in [0.15, 0.2) is 24.3 Å². The van der Waals surface area contributed by atoms with Crippen LogP contribution in [0.1, 0.15) is 5.56 Å². The third kappa shape index (κ3) is 2.49. The first-order valence-corrected chi connectivity index (χ1v) is 6.91. The first kappa shape index (κ1) is 15.3. The summed E-state index contributed by atoms with van der Waals surface area (Å²) in [5.74, 6) is -1.74. The van der Waals surface area contributed by atoms with Gasteiger partial charge in [-0.1, -0.05) is 0 Å². The Kier molecular flexibility index (Phi) is 3.46. The molecular weight excluding hydrogens is 304 g/mol. The van der Waals surface area contributed by atoms with Gasteiger partial charge in [-0.25, -0.2) is 0 Å². The fourth-order valence-electron chi connectivity index (χ4n) is 2.65. The summed E-state index contributed by atoms with van der Waals surface area (Å²) in [6, 6.07) is 5.31. The minimum Gasteiger partial charge on any atom is -0.504 e. The van der Waals surface area contributed by atoms with Gasteiger partial charge in [0, 0.05) is 12.0 Å². The van der Waals surface area contributed by atoms with Crippen molar-refractivity contribution in [2.24, 2.45) is 0 Å². The van der Waals surface area contributed by atoms with E-state index in [1.54, 1.807) is 0 Å². The lowest BCUT2D eigenvalue weighted by Gasteiger charge is -2.30. The zero-order valence-corrected chi connectivity index (χ0v) is 12.0. The molecule has 7 heteroatoms. The average molecular weight is 320 g/mol. The van der Waals surface area contributed by atoms with E-state index in [0.717, 1.165) is 0 Å². The van der Waals surface area contributed by atoms with Crippen LogP contribution in [-0.4, -0.2) is 49.5 Å². The summed E-state index contributed by atoms with van der Waals surface area (Å²) in [6.45, 7) is -0.933. The number of hydrogen-bond donors (Lipinski definition) is 6. The Hall–Kier alpha value is -2.64. The van der Waals surface area contributed by atoms with Crippen LogP contribution in [0, 0.1) is 0 Å². The highest BCUT2D eigenvalue weighted by Crippen LogP contribution is 2.47. The lowest BCUT2D eigenvalue weighted by atomic mass is 9.88. The molecule has 0 aliphatic carbocycles. The lowest BCUT2D eigenvalue weighted by molar-refractivity contribution is -0.0476. The molecule has 1 aliphatic rings. The summed E-state index contributed by atoms with van der Waals surface area (Å²) in [5, 5.41) is 59.0. The fraction of sp³-hybridized carbons (Fsp3) is 0.250. The fourth-order valence-corrected chi connectivity index (χ4v) is 2.65. The highest BCUT2D eigenvalue weighted by atomic mass is 16.5. The molecule has 0 aromatic heterocycles. The van der Waals surface area contributed by atoms with Gasteiger partial charge in [-0.2, -0.15) is 0 Å². The van der Waals surface area contributed by atoms with Crippen LogP contribution in [0.5, 0.6) is 28.7 Å². The Morgan fingerprint density at radius 1 is 0.957 bits per heavy atom. The topological polar surface area (TPSA) is 131 Å². The van der Waals surface area contributed by atoms with Crippen molar-refractivity contribution < 1.29 is 35.4 Å². The molecule has 2 aromatic rings. The Morgan fingerprint density at radius 3 is 2.35 bits per heavy atom. The van der Waals surface area contributed by atoms with Crippen LogP contribution in [0.25, 0.3) is 11.1 Å². The largest absolute Gasteiger partial charge is 0.504 e. The highest BCUT2D eigenvalue weighted by Gasteiger charge is 2.33. The highest BCUT2D eigenvalue weighted by molar-refractivity contribution is 5.80. The third-order valence-corrected chi connectivity index (χ3v) is 3.90. The van der Waals surface area contributed by atoms with Crippen LogP contribution in [0.3, 0.4) is 0 Å². The number of phenols is 4. The van der Waals surface area contributed by atoms with Gasteiger partial charge in [0.05, 0.1) is 6.61 Å². The summed E-state index contributed by atoms with van der Waals surface area (Å²) in [6.07, 6.45) is -0.0340. The molecule has 0 saturated carbocycles. The molecule has 23 heavy (non-hydrogen) atoms. The van der Waals surface area contributed by atoms with Gasteiger partial charge in [-0.3, -0.25) is 0 Å². The summed E-state index contributed by atoms with van der Waals surface area (Å²) in [5.41, 5.74) is -0.414. The molecular formula is C16H16O7. The molecule has 7 nitrogen and oxygen atoms in total. The maximum Gasteiger partial charge on any atom is 0.201 e. The summed E-state index contributed by atoms with van der Waals surface area (Å²) in [7, 11) is 0. The lowest BCUT2D eigenvalue weighted by Crippen LogP contribution is -2.43. The van der Waals surface area contributed by atoms with Crippen molar-refractivity contribution >= 4 is 0 Å². The van der Waals surface area contributed by atoms with E-state index in [4.69, 9.17) is 4.74 Å². The van der Waals surface area contributed by atoms with E-state index in [1.807, 2.05) is 0 Å². The zero-order chi connectivity index (χ0) is 16.8. The molecule has 1 atom stereocenters. The van der Waals surface area contributed by atoms with Crippen LogP contribution >= 0.6 is 0 Å². The molecule has 1 aliphatic heterocycles. The minimum absolute atomic E-state index is 0.0340. The van der Waals surface area contributed by atoms with E-state index < -0.39 is 23.7 Å². The number of rotatable bonds is 1. The van der Waals surface area contributed by atoms with E-state index >= 15 is 0 Å². The van der Waals surface area contributed by atoms with Gasteiger partial charge in [0.25, 0.3) is 0 Å². The Bertz CT molecular complexity index is 772. The maximum atomic E-state index is 10.4. The summed E-state index contributed by atoms with van der Waals surface area (Å²) in [4.78, 5) is 0. The second kappa shape index (κ2) is 5.22. The second-order valence-corrected chi connectivity index (χ2v) is 5.66. The van der Waals surface area contributed by atoms with Crippen LogP contribution < -0.4 is 4.74 Å². The van der Waals surface area contributed by atoms with Gasteiger partial charge in [0.1, 0.15) is 12.2 Å². The molecule has 0 saturated heterocycles. The predicted octanol–water partition coefficient (Wildman–Crippen LogP) is 0.834. The number of hydrogen-bond acceptors (Lipinski definition) is 7. The van der Waals surface area contributed by atoms with Crippen molar-refractivity contribution in [1.82, 2.24) is 0 Å². The molecule has 0 bridgehead atoms. The van der Waals surface area contributed by atoms with E-state index in [0.29, 0.717) is 16.7 Å². The number of fused-ring (bicyclic) bond motifs is 3. The monoisotopic (exact) mass is 320 g/mol. The van der Waals surface area contributed by atoms with Crippen LogP contribution in [0.4, 0.5) is 0 Å². The van der Waals surface area contributed by atoms with E-state index in [2.05, 4.69) is 0 Å². The van der Waals surface area contributed by atoms with Gasteiger partial charge in [-0.15, -0.1) is 0 Å². The number of phenolic OH excluding ortho intramolecular Hbond substituents is 4. The smallest absolute Gasteiger partial charge is 0.201 e. The molecule has 122 valence electrons. The van der Waals surface area contributed by atoms with Gasteiger partial charge >= 0.3 is 0 Å². The first-order valence-electron chi connectivity index (χ1n) is 6.91. The molecule has 0 fully saturated rings. The van der Waals surface area contributed by atoms with Crippen molar-refractivity contribution in [2.45, 2.75) is 12.0 Å². The Balaban J connectivity index is 2.30. The van der Waals surface area contributed by atoms with E-state index in [9.17, 15) is 30.6 Å². The first-order chi connectivity index (χ1) is 10.8. The molecule has 6 N–H and O–H groups in total. The Morgan fingerprint density at radius 2 is 1.65 bits per heavy atom. The van der Waals surface area contributed by atoms with Crippen LogP contribution in [-0.2, 0) is 6.42 Å². The molecule has 0 spiro atoms. The molecule has 0 amide bonds. The van der Waals surface area contributed by atoms with Crippen molar-refractivity contribution in [1.29, 1.82) is 0 Å². The predicted molar refractivity (Wildman–Crippen MR) is 79.8 cm³/mol. The molecule has 2 aromatic carbocycles. The van der Waals surface area contributed by atoms with Gasteiger partial charge < -0.3 is 35.4 Å². The molecule has 1 heterocycles. The molecule has 0 radical (unpaired) electrons. The van der Waals surface area contributed by atoms with E-state index in [-0.39, 0.29) is 30.3 Å². The standard InChI is InChI=1S/C16H16O7/c17-6-16(22)5-8-3-12(19)13(20)4-10(8)9-1-2-11(18)14(21)15(9)23-7-16/h1-4,17-22H,5-7H2. The molecule has 1 unspecified atom stereocenters. The number of benzene rings is 2. The van der Waals surface area contributed by atoms with Crippen molar-refractivity contribution in [3.63, 3.8) is 0 Å². The second-order valence-electron chi connectivity index (χ2n) is 5.66. The molecule has 3 rings (SSSR count). The minimum atomic E-state index is -1.65. The van der Waals surface area contributed by atoms with Crippen molar-refractivity contribution in [3.05, 3.63) is 29.8 Å². The average Bonchev–Trinajstić information content (AvgIpc) is 2.51. The van der Waals surface area contributed by atoms with E-state index in [1.165, 1.54) is 24.3 Å². The van der Waals surface area contributed by atoms with Gasteiger partial charge in [0.2, 0.25) is 5.75 Å². The third-order valence-electron chi connectivity index (χ3n) is 3.90. The summed E-state index contributed by atoms with van der Waals surface area (Å²) >= 11 is 0. The number of aromatic hydroxyl groups is 4. The Labute approximate surface area is 131 Å². The zero-order valence-electron chi connectivity index (χ0n) is 12.0. The van der Waals surface area contributed by atoms with Crippen molar-refractivity contribution in [3.8, 4) is 39.9 Å². The number of aliphatic hydroxyl groups excluding tert-OH is 1. The number of ether oxygens (including phenoxy) is 1. The normalized spacial score (nSPS) is 19.9. The quantitative estimate of drug-likeness (QED) is 0.429.